The molecule has 0 unspecified atom stereocenters. The van der Waals surface area contributed by atoms with E-state index in [0.717, 1.165) is 6.07 Å². The van der Waals surface area contributed by atoms with Crippen LogP contribution in [0.25, 0.3) is 11.3 Å². The molecule has 0 amide bonds. The Balaban J connectivity index is 2.48. The van der Waals surface area contributed by atoms with Crippen molar-refractivity contribution in [2.75, 3.05) is 0 Å². The molecule has 0 atom stereocenters. The van der Waals surface area contributed by atoms with Crippen molar-refractivity contribution in [1.82, 2.24) is 0 Å². The van der Waals surface area contributed by atoms with Crippen molar-refractivity contribution < 1.29 is 9.34 Å². The Morgan fingerprint density at radius 2 is 1.76 bits per heavy atom. The van der Waals surface area contributed by atoms with Crippen LogP contribution < -0.4 is 5.63 Å². The van der Waals surface area contributed by atoms with Crippen LogP contribution in [0.5, 0.6) is 0 Å². The van der Waals surface area contributed by atoms with Gasteiger partial charge in [-0.3, -0.25) is 10.1 Å². The van der Waals surface area contributed by atoms with E-state index in [4.69, 9.17) is 16.0 Å². The minimum absolute atomic E-state index is 0.261. The largest absolute Gasteiger partial charge is 0.418 e. The van der Waals surface area contributed by atoms with Gasteiger partial charge in [0.25, 0.3) is 0 Å². The lowest BCUT2D eigenvalue weighted by atomic mass is 10.1. The highest BCUT2D eigenvalue weighted by molar-refractivity contribution is 6.30. The number of benzene rings is 1. The molecule has 86 valence electrons. The summed E-state index contributed by atoms with van der Waals surface area (Å²) in [5.41, 5.74) is -0.924. The summed E-state index contributed by atoms with van der Waals surface area (Å²) in [6.45, 7) is 0. The lowest BCUT2D eigenvalue weighted by molar-refractivity contribution is -0.387. The monoisotopic (exact) mass is 251 g/mol. The van der Waals surface area contributed by atoms with Gasteiger partial charge in [-0.1, -0.05) is 11.6 Å². The van der Waals surface area contributed by atoms with Crippen molar-refractivity contribution in [2.24, 2.45) is 0 Å². The Labute approximate surface area is 100 Å². The molecule has 0 aliphatic rings. The molecular weight excluding hydrogens is 246 g/mol. The molecule has 17 heavy (non-hydrogen) atoms. The van der Waals surface area contributed by atoms with Crippen molar-refractivity contribution in [3.63, 3.8) is 0 Å². The summed E-state index contributed by atoms with van der Waals surface area (Å²) in [5.74, 6) is 0.261. The average molecular weight is 252 g/mol. The molecule has 0 saturated heterocycles. The Hall–Kier alpha value is -2.14. The summed E-state index contributed by atoms with van der Waals surface area (Å²) < 4.78 is 4.86. The summed E-state index contributed by atoms with van der Waals surface area (Å²) in [7, 11) is 0. The topological polar surface area (TPSA) is 73.3 Å². The van der Waals surface area contributed by atoms with Crippen LogP contribution in [-0.2, 0) is 0 Å². The van der Waals surface area contributed by atoms with Crippen LogP contribution in [0.1, 0.15) is 0 Å². The van der Waals surface area contributed by atoms with E-state index in [0.29, 0.717) is 10.6 Å². The van der Waals surface area contributed by atoms with Crippen LogP contribution >= 0.6 is 11.6 Å². The van der Waals surface area contributed by atoms with E-state index in [-0.39, 0.29) is 5.76 Å². The van der Waals surface area contributed by atoms with Crippen LogP contribution in [0.4, 0.5) is 5.69 Å². The molecule has 5 nitrogen and oxygen atoms in total. The molecule has 1 aromatic carbocycles. The zero-order valence-electron chi connectivity index (χ0n) is 8.42. The van der Waals surface area contributed by atoms with Gasteiger partial charge < -0.3 is 4.42 Å². The molecular formula is C11H6ClNO4. The Kier molecular flexibility index (Phi) is 2.93. The fraction of sp³-hybridized carbons (Fsp3) is 0. The van der Waals surface area contributed by atoms with Crippen molar-refractivity contribution in [1.29, 1.82) is 0 Å². The number of hydrogen-bond donors (Lipinski definition) is 0. The number of halogens is 1. The maximum Gasteiger partial charge on any atom is 0.415 e. The second-order valence-electron chi connectivity index (χ2n) is 3.24. The Morgan fingerprint density at radius 3 is 2.29 bits per heavy atom. The maximum absolute atomic E-state index is 11.3. The van der Waals surface area contributed by atoms with Gasteiger partial charge in [-0.15, -0.1) is 0 Å². The molecule has 0 bridgehead atoms. The lowest BCUT2D eigenvalue weighted by Crippen LogP contribution is -2.06. The van der Waals surface area contributed by atoms with Crippen LogP contribution in [-0.4, -0.2) is 4.92 Å². The van der Waals surface area contributed by atoms with Gasteiger partial charge in [0.1, 0.15) is 5.76 Å². The van der Waals surface area contributed by atoms with Gasteiger partial charge in [0.05, 0.1) is 4.92 Å². The van der Waals surface area contributed by atoms with Crippen molar-refractivity contribution in [3.8, 4) is 11.3 Å². The zero-order chi connectivity index (χ0) is 12.4. The first-order valence-corrected chi connectivity index (χ1v) is 5.00. The summed E-state index contributed by atoms with van der Waals surface area (Å²) in [4.78, 5) is 20.9. The predicted octanol–water partition coefficient (Wildman–Crippen LogP) is 2.87. The maximum atomic E-state index is 11.3. The van der Waals surface area contributed by atoms with E-state index in [1.54, 1.807) is 24.3 Å². The minimum atomic E-state index is -0.970. The van der Waals surface area contributed by atoms with Gasteiger partial charge in [-0.2, -0.15) is 0 Å². The first kappa shape index (κ1) is 11.3. The predicted molar refractivity (Wildman–Crippen MR) is 62.1 cm³/mol. The number of nitrogens with zero attached hydrogens (tertiary/aromatic N) is 1. The van der Waals surface area contributed by atoms with Crippen LogP contribution in [0.2, 0.25) is 5.02 Å². The fourth-order valence-electron chi connectivity index (χ4n) is 1.31. The zero-order valence-corrected chi connectivity index (χ0v) is 9.18. The standard InChI is InChI=1S/C11H6ClNO4/c12-8-3-1-7(2-4-8)10-6-5-9(13(15)16)11(14)17-10/h1-6H. The molecule has 0 fully saturated rings. The average Bonchev–Trinajstić information content (AvgIpc) is 2.29. The molecule has 0 radical (unpaired) electrons. The van der Waals surface area contributed by atoms with Gasteiger partial charge in [-0.25, -0.2) is 4.79 Å². The fourth-order valence-corrected chi connectivity index (χ4v) is 1.44. The molecule has 0 saturated carbocycles. The number of rotatable bonds is 2. The van der Waals surface area contributed by atoms with E-state index in [9.17, 15) is 14.9 Å². The van der Waals surface area contributed by atoms with Crippen LogP contribution in [0.15, 0.2) is 45.6 Å². The van der Waals surface area contributed by atoms with E-state index in [1.807, 2.05) is 0 Å². The molecule has 0 aliphatic carbocycles. The lowest BCUT2D eigenvalue weighted by Gasteiger charge is -1.99. The summed E-state index contributed by atoms with van der Waals surface area (Å²) >= 11 is 5.72. The third-order valence-corrected chi connectivity index (χ3v) is 2.38. The quantitative estimate of drug-likeness (QED) is 0.608. The molecule has 1 heterocycles. The third-order valence-electron chi connectivity index (χ3n) is 2.13. The van der Waals surface area contributed by atoms with Crippen molar-refractivity contribution in [2.45, 2.75) is 0 Å². The smallest absolute Gasteiger partial charge is 0.415 e. The summed E-state index contributed by atoms with van der Waals surface area (Å²) in [5, 5.41) is 11.0. The van der Waals surface area contributed by atoms with E-state index >= 15 is 0 Å². The molecule has 0 N–H and O–H groups in total. The first-order chi connectivity index (χ1) is 8.08. The summed E-state index contributed by atoms with van der Waals surface area (Å²) in [6, 6.07) is 9.09. The SMILES string of the molecule is O=c1oc(-c2ccc(Cl)cc2)ccc1[N+](=O)[O-]. The molecule has 2 aromatic rings. The van der Waals surface area contributed by atoms with Crippen LogP contribution in [0.3, 0.4) is 0 Å². The van der Waals surface area contributed by atoms with Crippen molar-refractivity contribution >= 4 is 17.3 Å². The Morgan fingerprint density at radius 1 is 1.12 bits per heavy atom. The third kappa shape index (κ3) is 2.34. The second-order valence-corrected chi connectivity index (χ2v) is 3.67. The number of nitro groups is 1. The highest BCUT2D eigenvalue weighted by Gasteiger charge is 2.14. The molecule has 2 rings (SSSR count). The van der Waals surface area contributed by atoms with Crippen molar-refractivity contribution in [3.05, 3.63) is 62.0 Å². The van der Waals surface area contributed by atoms with Gasteiger partial charge in [-0.05, 0) is 30.3 Å². The highest BCUT2D eigenvalue weighted by Crippen LogP contribution is 2.21. The van der Waals surface area contributed by atoms with E-state index in [2.05, 4.69) is 0 Å². The molecule has 0 aliphatic heterocycles. The first-order valence-electron chi connectivity index (χ1n) is 4.62. The number of hydrogen-bond acceptors (Lipinski definition) is 4. The molecule has 1 aromatic heterocycles. The molecule has 6 heteroatoms. The Bertz CT molecular complexity index is 618. The molecule has 0 spiro atoms. The van der Waals surface area contributed by atoms with Gasteiger partial charge in [0.15, 0.2) is 0 Å². The van der Waals surface area contributed by atoms with Gasteiger partial charge >= 0.3 is 11.3 Å². The summed E-state index contributed by atoms with van der Waals surface area (Å²) in [6.07, 6.45) is 0. The van der Waals surface area contributed by atoms with E-state index in [1.165, 1.54) is 6.07 Å². The normalized spacial score (nSPS) is 10.2. The van der Waals surface area contributed by atoms with E-state index < -0.39 is 16.2 Å². The van der Waals surface area contributed by atoms with Gasteiger partial charge in [0, 0.05) is 16.7 Å². The minimum Gasteiger partial charge on any atom is -0.418 e. The second kappa shape index (κ2) is 4.39. The highest BCUT2D eigenvalue weighted by atomic mass is 35.5. The van der Waals surface area contributed by atoms with Gasteiger partial charge in [0.2, 0.25) is 0 Å². The van der Waals surface area contributed by atoms with Crippen LogP contribution in [0, 0.1) is 10.1 Å².